The first-order valence-electron chi connectivity index (χ1n) is 6.17. The Hall–Kier alpha value is -2.14. The smallest absolute Gasteiger partial charge is 0.239 e. The second-order valence-electron chi connectivity index (χ2n) is 4.55. The maximum absolute atomic E-state index is 11.6. The number of nitrogens with two attached hydrogens (primary N) is 1. The Labute approximate surface area is 112 Å². The molecule has 0 saturated heterocycles. The number of primary amides is 1. The lowest BCUT2D eigenvalue weighted by Crippen LogP contribution is -2.34. The van der Waals surface area contributed by atoms with E-state index >= 15 is 0 Å². The van der Waals surface area contributed by atoms with Crippen molar-refractivity contribution in [1.82, 2.24) is 15.5 Å². The summed E-state index contributed by atoms with van der Waals surface area (Å²) >= 11 is 0. The Balaban J connectivity index is 2.16. The molecular weight excluding hydrogens is 240 g/mol. The fraction of sp³-hybridized carbons (Fsp3) is 0.286. The minimum absolute atomic E-state index is 0.400. The van der Waals surface area contributed by atoms with E-state index in [1.54, 1.807) is 0 Å². The SMILES string of the molecule is Cc1n[nH]c(C)c1C(NCc1ccccc1)C(N)=O. The van der Waals surface area contributed by atoms with Gasteiger partial charge in [-0.3, -0.25) is 15.2 Å². The molecule has 0 bridgehead atoms. The molecule has 19 heavy (non-hydrogen) atoms. The molecule has 0 aliphatic carbocycles. The number of carbonyl (C=O) groups excluding carboxylic acids is 1. The number of amides is 1. The molecule has 2 aromatic rings. The van der Waals surface area contributed by atoms with Crippen LogP contribution in [0.4, 0.5) is 0 Å². The van der Waals surface area contributed by atoms with E-state index in [0.29, 0.717) is 6.54 Å². The highest BCUT2D eigenvalue weighted by Crippen LogP contribution is 2.19. The Morgan fingerprint density at radius 3 is 2.58 bits per heavy atom. The first-order valence-corrected chi connectivity index (χ1v) is 6.17. The second kappa shape index (κ2) is 5.67. The molecule has 1 atom stereocenters. The fourth-order valence-corrected chi connectivity index (χ4v) is 2.15. The van der Waals surface area contributed by atoms with Crippen molar-refractivity contribution in [3.05, 3.63) is 52.8 Å². The molecule has 0 aliphatic heterocycles. The van der Waals surface area contributed by atoms with Gasteiger partial charge in [0.2, 0.25) is 5.91 Å². The highest BCUT2D eigenvalue weighted by molar-refractivity contribution is 5.82. The van der Waals surface area contributed by atoms with Gasteiger partial charge in [-0.25, -0.2) is 0 Å². The third kappa shape index (κ3) is 3.00. The Kier molecular flexibility index (Phi) is 3.97. The van der Waals surface area contributed by atoms with Crippen LogP contribution in [-0.2, 0) is 11.3 Å². The average Bonchev–Trinajstić information content (AvgIpc) is 2.72. The van der Waals surface area contributed by atoms with Gasteiger partial charge in [0.25, 0.3) is 0 Å². The van der Waals surface area contributed by atoms with E-state index in [4.69, 9.17) is 5.73 Å². The normalized spacial score (nSPS) is 12.3. The molecule has 2 rings (SSSR count). The molecule has 1 aromatic heterocycles. The van der Waals surface area contributed by atoms with E-state index in [9.17, 15) is 4.79 Å². The number of hydrogen-bond donors (Lipinski definition) is 3. The summed E-state index contributed by atoms with van der Waals surface area (Å²) in [6, 6.07) is 9.36. The van der Waals surface area contributed by atoms with E-state index < -0.39 is 11.9 Å². The summed E-state index contributed by atoms with van der Waals surface area (Å²) in [6.45, 7) is 4.33. The van der Waals surface area contributed by atoms with Crippen LogP contribution in [-0.4, -0.2) is 16.1 Å². The van der Waals surface area contributed by atoms with Gasteiger partial charge in [-0.15, -0.1) is 0 Å². The van der Waals surface area contributed by atoms with Gasteiger partial charge >= 0.3 is 0 Å². The summed E-state index contributed by atoms with van der Waals surface area (Å²) < 4.78 is 0. The van der Waals surface area contributed by atoms with E-state index in [1.165, 1.54) is 0 Å². The van der Waals surface area contributed by atoms with Crippen molar-refractivity contribution in [1.29, 1.82) is 0 Å². The lowest BCUT2D eigenvalue weighted by molar-refractivity contribution is -0.120. The third-order valence-electron chi connectivity index (χ3n) is 3.11. The number of carbonyl (C=O) groups is 1. The summed E-state index contributed by atoms with van der Waals surface area (Å²) in [5, 5.41) is 10.2. The molecule has 1 aromatic carbocycles. The van der Waals surface area contributed by atoms with Crippen LogP contribution in [0.15, 0.2) is 30.3 Å². The van der Waals surface area contributed by atoms with E-state index in [1.807, 2.05) is 44.2 Å². The van der Waals surface area contributed by atoms with Crippen molar-refractivity contribution >= 4 is 5.91 Å². The van der Waals surface area contributed by atoms with Gasteiger partial charge in [-0.05, 0) is 19.4 Å². The van der Waals surface area contributed by atoms with Crippen LogP contribution in [0.3, 0.4) is 0 Å². The molecule has 1 unspecified atom stereocenters. The average molecular weight is 258 g/mol. The quantitative estimate of drug-likeness (QED) is 0.756. The van der Waals surface area contributed by atoms with Crippen molar-refractivity contribution < 1.29 is 4.79 Å². The van der Waals surface area contributed by atoms with Crippen molar-refractivity contribution in [2.45, 2.75) is 26.4 Å². The van der Waals surface area contributed by atoms with E-state index in [0.717, 1.165) is 22.5 Å². The molecule has 1 amide bonds. The zero-order chi connectivity index (χ0) is 13.8. The zero-order valence-electron chi connectivity index (χ0n) is 11.1. The molecule has 0 radical (unpaired) electrons. The van der Waals surface area contributed by atoms with Crippen LogP contribution in [0, 0.1) is 13.8 Å². The standard InChI is InChI=1S/C14H18N4O/c1-9-12(10(2)18-17-9)13(14(15)19)16-8-11-6-4-3-5-7-11/h3-7,13,16H,8H2,1-2H3,(H2,15,19)(H,17,18). The van der Waals surface area contributed by atoms with Crippen LogP contribution in [0.1, 0.15) is 28.6 Å². The lowest BCUT2D eigenvalue weighted by atomic mass is 10.0. The highest BCUT2D eigenvalue weighted by atomic mass is 16.1. The molecule has 5 nitrogen and oxygen atoms in total. The van der Waals surface area contributed by atoms with Crippen LogP contribution in [0.2, 0.25) is 0 Å². The molecule has 0 spiro atoms. The van der Waals surface area contributed by atoms with Gasteiger partial charge in [0.1, 0.15) is 6.04 Å². The summed E-state index contributed by atoms with van der Waals surface area (Å²) in [5.41, 5.74) is 9.08. The number of benzene rings is 1. The number of aromatic amines is 1. The molecule has 1 heterocycles. The van der Waals surface area contributed by atoms with Crippen molar-refractivity contribution in [3.63, 3.8) is 0 Å². The largest absolute Gasteiger partial charge is 0.368 e. The lowest BCUT2D eigenvalue weighted by Gasteiger charge is -2.16. The van der Waals surface area contributed by atoms with Crippen LogP contribution < -0.4 is 11.1 Å². The maximum Gasteiger partial charge on any atom is 0.239 e. The number of aromatic nitrogens is 2. The first-order chi connectivity index (χ1) is 9.09. The molecule has 0 saturated carbocycles. The molecule has 100 valence electrons. The predicted octanol–water partition coefficient (Wildman–Crippen LogP) is 1.34. The van der Waals surface area contributed by atoms with Crippen molar-refractivity contribution in [2.75, 3.05) is 0 Å². The number of rotatable bonds is 5. The fourth-order valence-electron chi connectivity index (χ4n) is 2.15. The van der Waals surface area contributed by atoms with Gasteiger partial charge in [0.05, 0.1) is 5.69 Å². The molecule has 0 aliphatic rings. The van der Waals surface area contributed by atoms with E-state index in [2.05, 4.69) is 15.5 Å². The predicted molar refractivity (Wildman–Crippen MR) is 73.3 cm³/mol. The third-order valence-corrected chi connectivity index (χ3v) is 3.11. The number of H-pyrrole nitrogens is 1. The van der Waals surface area contributed by atoms with Crippen molar-refractivity contribution in [2.24, 2.45) is 5.73 Å². The molecule has 4 N–H and O–H groups in total. The summed E-state index contributed by atoms with van der Waals surface area (Å²) in [4.78, 5) is 11.6. The van der Waals surface area contributed by atoms with Crippen LogP contribution in [0.5, 0.6) is 0 Å². The number of hydrogen-bond acceptors (Lipinski definition) is 3. The molecule has 5 heteroatoms. The number of aryl methyl sites for hydroxylation is 2. The second-order valence-corrected chi connectivity index (χ2v) is 4.55. The molecule has 0 fully saturated rings. The maximum atomic E-state index is 11.6. The van der Waals surface area contributed by atoms with Gasteiger partial charge < -0.3 is 5.73 Å². The summed E-state index contributed by atoms with van der Waals surface area (Å²) in [7, 11) is 0. The minimum Gasteiger partial charge on any atom is -0.368 e. The zero-order valence-corrected chi connectivity index (χ0v) is 11.1. The first kappa shape index (κ1) is 13.3. The van der Waals surface area contributed by atoms with E-state index in [-0.39, 0.29) is 0 Å². The topological polar surface area (TPSA) is 83.8 Å². The van der Waals surface area contributed by atoms with Gasteiger partial charge in [-0.2, -0.15) is 5.10 Å². The van der Waals surface area contributed by atoms with Gasteiger partial charge in [0.15, 0.2) is 0 Å². The highest BCUT2D eigenvalue weighted by Gasteiger charge is 2.23. The van der Waals surface area contributed by atoms with Gasteiger partial charge in [-0.1, -0.05) is 30.3 Å². The Bertz CT molecular complexity index is 543. The van der Waals surface area contributed by atoms with Crippen LogP contribution in [0.25, 0.3) is 0 Å². The van der Waals surface area contributed by atoms with Crippen molar-refractivity contribution in [3.8, 4) is 0 Å². The number of nitrogens with zero attached hydrogens (tertiary/aromatic N) is 1. The molecular formula is C14H18N4O. The summed E-state index contributed by atoms with van der Waals surface area (Å²) in [5.74, 6) is -0.400. The Morgan fingerprint density at radius 1 is 1.37 bits per heavy atom. The monoisotopic (exact) mass is 258 g/mol. The van der Waals surface area contributed by atoms with Gasteiger partial charge in [0, 0.05) is 17.8 Å². The minimum atomic E-state index is -0.529. The van der Waals surface area contributed by atoms with Crippen LogP contribution >= 0.6 is 0 Å². The summed E-state index contributed by atoms with van der Waals surface area (Å²) in [6.07, 6.45) is 0. The Morgan fingerprint density at radius 2 is 2.05 bits per heavy atom. The number of nitrogens with one attached hydrogen (secondary N) is 2.